The summed E-state index contributed by atoms with van der Waals surface area (Å²) >= 11 is 0. The number of nitrogens with zero attached hydrogens (tertiary/aromatic N) is 1. The molecule has 0 saturated carbocycles. The normalized spacial score (nSPS) is 22.4. The summed E-state index contributed by atoms with van der Waals surface area (Å²) < 4.78 is 0. The van der Waals surface area contributed by atoms with Gasteiger partial charge in [-0.25, -0.2) is 0 Å². The highest BCUT2D eigenvalue weighted by Crippen LogP contribution is 2.21. The molecule has 0 bridgehead atoms. The second-order valence-electron chi connectivity index (χ2n) is 4.90. The number of hydrogen-bond donors (Lipinski definition) is 1. The summed E-state index contributed by atoms with van der Waals surface area (Å²) in [4.78, 5) is 36.5. The van der Waals surface area contributed by atoms with Gasteiger partial charge >= 0.3 is 0 Å². The molecule has 1 fully saturated rings. The van der Waals surface area contributed by atoms with E-state index in [4.69, 9.17) is 0 Å². The Balaban J connectivity index is 2.91. The van der Waals surface area contributed by atoms with Crippen molar-refractivity contribution < 1.29 is 14.4 Å². The van der Waals surface area contributed by atoms with E-state index in [2.05, 4.69) is 5.32 Å². The molecule has 1 N–H and O–H groups in total. The van der Waals surface area contributed by atoms with Crippen LogP contribution in [0.25, 0.3) is 0 Å². The molecule has 0 radical (unpaired) electrons. The summed E-state index contributed by atoms with van der Waals surface area (Å²) in [5.74, 6) is -0.399. The molecular weight excluding hydrogens is 220 g/mol. The van der Waals surface area contributed by atoms with Crippen LogP contribution in [-0.2, 0) is 14.4 Å². The first kappa shape index (κ1) is 13.8. The Kier molecular flexibility index (Phi) is 4.40. The van der Waals surface area contributed by atoms with Crippen LogP contribution >= 0.6 is 0 Å². The van der Waals surface area contributed by atoms with Crippen molar-refractivity contribution in [1.29, 1.82) is 0 Å². The molecule has 1 aliphatic rings. The number of amides is 2. The van der Waals surface area contributed by atoms with Crippen LogP contribution in [0.5, 0.6) is 0 Å². The van der Waals surface area contributed by atoms with Crippen LogP contribution in [0.2, 0.25) is 0 Å². The van der Waals surface area contributed by atoms with E-state index in [1.165, 1.54) is 6.92 Å². The van der Waals surface area contributed by atoms with Gasteiger partial charge in [-0.3, -0.25) is 19.3 Å². The number of carbonyl (C=O) groups excluding carboxylic acids is 3. The summed E-state index contributed by atoms with van der Waals surface area (Å²) in [6, 6.07) is -1.08. The lowest BCUT2D eigenvalue weighted by Crippen LogP contribution is -2.47. The third kappa shape index (κ3) is 2.91. The van der Waals surface area contributed by atoms with Gasteiger partial charge in [0.2, 0.25) is 11.8 Å². The first-order valence-electron chi connectivity index (χ1n) is 5.92. The number of imide groups is 1. The third-order valence-electron chi connectivity index (χ3n) is 3.01. The second kappa shape index (κ2) is 5.40. The molecule has 1 rings (SSSR count). The molecule has 0 spiro atoms. The average molecular weight is 240 g/mol. The minimum atomic E-state index is -0.603. The standard InChI is InChI=1S/C12H20N2O3/c1-7(2)5-10(8(3)15)14-11(16)6-9(13-4)12(14)17/h7,9-10,13H,5-6H2,1-4H3/t9-,10-/m0/s1. The number of rotatable bonds is 5. The molecule has 5 nitrogen and oxygen atoms in total. The first-order chi connectivity index (χ1) is 7.88. The van der Waals surface area contributed by atoms with Crippen molar-refractivity contribution in [2.75, 3.05) is 7.05 Å². The number of likely N-dealkylation sites (tertiary alicyclic amines) is 1. The van der Waals surface area contributed by atoms with Gasteiger partial charge in [-0.15, -0.1) is 0 Å². The fourth-order valence-corrected chi connectivity index (χ4v) is 2.10. The molecule has 0 aromatic carbocycles. The molecule has 0 unspecified atom stereocenters. The van der Waals surface area contributed by atoms with Gasteiger partial charge in [0.05, 0.1) is 18.5 Å². The molecule has 2 amide bonds. The molecule has 1 heterocycles. The smallest absolute Gasteiger partial charge is 0.247 e. The second-order valence-corrected chi connectivity index (χ2v) is 4.90. The lowest BCUT2D eigenvalue weighted by atomic mass is 9.99. The topological polar surface area (TPSA) is 66.5 Å². The summed E-state index contributed by atoms with van der Waals surface area (Å²) in [5, 5.41) is 2.80. The Morgan fingerprint density at radius 3 is 2.41 bits per heavy atom. The van der Waals surface area contributed by atoms with E-state index >= 15 is 0 Å². The predicted octanol–water partition coefficient (Wildman–Crippen LogP) is 0.337. The zero-order chi connectivity index (χ0) is 13.2. The maximum atomic E-state index is 12.0. The summed E-state index contributed by atoms with van der Waals surface area (Å²) in [6.07, 6.45) is 0.681. The van der Waals surface area contributed by atoms with Crippen LogP contribution in [0.1, 0.15) is 33.6 Å². The molecule has 1 aliphatic heterocycles. The van der Waals surface area contributed by atoms with Gasteiger partial charge in [-0.2, -0.15) is 0 Å². The molecule has 5 heteroatoms. The lowest BCUT2D eigenvalue weighted by Gasteiger charge is -2.25. The van der Waals surface area contributed by atoms with Crippen LogP contribution in [0.15, 0.2) is 0 Å². The monoisotopic (exact) mass is 240 g/mol. The van der Waals surface area contributed by atoms with Crippen LogP contribution in [0.3, 0.4) is 0 Å². The van der Waals surface area contributed by atoms with Gasteiger partial charge in [-0.05, 0) is 26.3 Å². The van der Waals surface area contributed by atoms with Crippen LogP contribution in [0.4, 0.5) is 0 Å². The van der Waals surface area contributed by atoms with E-state index < -0.39 is 12.1 Å². The molecule has 2 atom stereocenters. The number of Topliss-reactive ketones (excluding diaryl/α,β-unsaturated/α-hetero) is 1. The van der Waals surface area contributed by atoms with E-state index in [-0.39, 0.29) is 29.9 Å². The Morgan fingerprint density at radius 2 is 2.06 bits per heavy atom. The van der Waals surface area contributed by atoms with Crippen LogP contribution in [-0.4, -0.2) is 41.6 Å². The zero-order valence-corrected chi connectivity index (χ0v) is 10.8. The fraction of sp³-hybridized carbons (Fsp3) is 0.750. The number of likely N-dealkylation sites (N-methyl/N-ethyl adjacent to an activating group) is 1. The molecule has 0 aromatic rings. The van der Waals surface area contributed by atoms with E-state index in [1.807, 2.05) is 13.8 Å². The maximum absolute atomic E-state index is 12.0. The van der Waals surface area contributed by atoms with Gasteiger partial charge in [0.25, 0.3) is 0 Å². The average Bonchev–Trinajstić information content (AvgIpc) is 2.50. The SMILES string of the molecule is CN[C@H]1CC(=O)N([C@@H](CC(C)C)C(C)=O)C1=O. The molecule has 0 aliphatic carbocycles. The van der Waals surface area contributed by atoms with Crippen molar-refractivity contribution in [3.05, 3.63) is 0 Å². The largest absolute Gasteiger partial charge is 0.308 e. The highest BCUT2D eigenvalue weighted by Gasteiger charge is 2.43. The molecule has 96 valence electrons. The van der Waals surface area contributed by atoms with Crippen molar-refractivity contribution >= 4 is 17.6 Å². The molecule has 0 aromatic heterocycles. The van der Waals surface area contributed by atoms with Crippen molar-refractivity contribution in [2.24, 2.45) is 5.92 Å². The maximum Gasteiger partial charge on any atom is 0.247 e. The van der Waals surface area contributed by atoms with Crippen molar-refractivity contribution in [3.63, 3.8) is 0 Å². The molecule has 1 saturated heterocycles. The van der Waals surface area contributed by atoms with Crippen molar-refractivity contribution in [1.82, 2.24) is 10.2 Å². The number of ketones is 1. The summed E-state index contributed by atoms with van der Waals surface area (Å²) in [6.45, 7) is 5.37. The Hall–Kier alpha value is -1.23. The first-order valence-corrected chi connectivity index (χ1v) is 5.92. The quantitative estimate of drug-likeness (QED) is 0.704. The third-order valence-corrected chi connectivity index (χ3v) is 3.01. The number of carbonyl (C=O) groups is 3. The molecular formula is C12H20N2O3. The Morgan fingerprint density at radius 1 is 1.47 bits per heavy atom. The minimum absolute atomic E-state index is 0.128. The fourth-order valence-electron chi connectivity index (χ4n) is 2.10. The Labute approximate surface area is 102 Å². The predicted molar refractivity (Wildman–Crippen MR) is 63.2 cm³/mol. The van der Waals surface area contributed by atoms with Gasteiger partial charge in [0.1, 0.15) is 0 Å². The Bertz CT molecular complexity index is 339. The zero-order valence-electron chi connectivity index (χ0n) is 10.8. The lowest BCUT2D eigenvalue weighted by molar-refractivity contribution is -0.146. The molecule has 17 heavy (non-hydrogen) atoms. The summed E-state index contributed by atoms with van der Waals surface area (Å²) in [7, 11) is 1.64. The number of nitrogens with one attached hydrogen (secondary N) is 1. The van der Waals surface area contributed by atoms with E-state index in [1.54, 1.807) is 7.05 Å². The van der Waals surface area contributed by atoms with Gasteiger partial charge in [0.15, 0.2) is 5.78 Å². The number of hydrogen-bond acceptors (Lipinski definition) is 4. The van der Waals surface area contributed by atoms with Crippen LogP contribution < -0.4 is 5.32 Å². The minimum Gasteiger partial charge on any atom is -0.308 e. The van der Waals surface area contributed by atoms with Gasteiger partial charge < -0.3 is 5.32 Å². The van der Waals surface area contributed by atoms with E-state index in [0.29, 0.717) is 6.42 Å². The van der Waals surface area contributed by atoms with Crippen LogP contribution in [0, 0.1) is 5.92 Å². The summed E-state index contributed by atoms with van der Waals surface area (Å²) in [5.41, 5.74) is 0. The van der Waals surface area contributed by atoms with E-state index in [9.17, 15) is 14.4 Å². The highest BCUT2D eigenvalue weighted by atomic mass is 16.2. The van der Waals surface area contributed by atoms with Crippen molar-refractivity contribution in [3.8, 4) is 0 Å². The van der Waals surface area contributed by atoms with Gasteiger partial charge in [0, 0.05) is 0 Å². The van der Waals surface area contributed by atoms with E-state index in [0.717, 1.165) is 4.90 Å². The van der Waals surface area contributed by atoms with Crippen molar-refractivity contribution in [2.45, 2.75) is 45.7 Å². The highest BCUT2D eigenvalue weighted by molar-refractivity contribution is 6.08. The van der Waals surface area contributed by atoms with Gasteiger partial charge in [-0.1, -0.05) is 13.8 Å².